The number of benzene rings is 1. The van der Waals surface area contributed by atoms with Gasteiger partial charge in [-0.1, -0.05) is 18.7 Å². The maximum atomic E-state index is 11.0. The molecule has 2 rings (SSSR count). The van der Waals surface area contributed by atoms with Gasteiger partial charge >= 0.3 is 0 Å². The van der Waals surface area contributed by atoms with Crippen molar-refractivity contribution < 1.29 is 4.92 Å². The quantitative estimate of drug-likeness (QED) is 0.644. The van der Waals surface area contributed by atoms with Gasteiger partial charge in [0.1, 0.15) is 0 Å². The topological polar surface area (TPSA) is 68.1 Å². The third-order valence-corrected chi connectivity index (χ3v) is 3.55. The summed E-state index contributed by atoms with van der Waals surface area (Å²) < 4.78 is 0. The van der Waals surface area contributed by atoms with E-state index >= 15 is 0 Å². The zero-order chi connectivity index (χ0) is 14.4. The number of pyridine rings is 1. The van der Waals surface area contributed by atoms with Crippen LogP contribution >= 0.6 is 11.8 Å². The molecule has 5 nitrogen and oxygen atoms in total. The summed E-state index contributed by atoms with van der Waals surface area (Å²) in [5.74, 6) is 0. The number of nitro groups is 1. The molecule has 0 saturated carbocycles. The summed E-state index contributed by atoms with van der Waals surface area (Å²) in [7, 11) is 0. The van der Waals surface area contributed by atoms with Crippen molar-refractivity contribution in [3.8, 4) is 0 Å². The predicted molar refractivity (Wildman–Crippen MR) is 80.2 cm³/mol. The Morgan fingerprint density at radius 3 is 2.65 bits per heavy atom. The highest BCUT2D eigenvalue weighted by molar-refractivity contribution is 7.99. The van der Waals surface area contributed by atoms with E-state index in [0.717, 1.165) is 28.4 Å². The second-order valence-corrected chi connectivity index (χ2v) is 5.33. The molecular weight excluding hydrogens is 274 g/mol. The van der Waals surface area contributed by atoms with Gasteiger partial charge in [-0.2, -0.15) is 0 Å². The van der Waals surface area contributed by atoms with E-state index in [1.807, 2.05) is 18.2 Å². The summed E-state index contributed by atoms with van der Waals surface area (Å²) in [6.07, 6.45) is 4.38. The molecule has 0 spiro atoms. The van der Waals surface area contributed by atoms with Gasteiger partial charge in [-0.25, -0.2) is 0 Å². The average molecular weight is 289 g/mol. The van der Waals surface area contributed by atoms with E-state index in [2.05, 4.69) is 17.2 Å². The van der Waals surface area contributed by atoms with Crippen molar-refractivity contribution in [3.05, 3.63) is 52.8 Å². The molecule has 6 heteroatoms. The number of hydrogen-bond acceptors (Lipinski definition) is 5. The van der Waals surface area contributed by atoms with Crippen LogP contribution in [0.2, 0.25) is 0 Å². The first-order valence-electron chi connectivity index (χ1n) is 6.30. The first-order chi connectivity index (χ1) is 9.69. The fraction of sp³-hybridized carbons (Fsp3) is 0.214. The van der Waals surface area contributed by atoms with Crippen molar-refractivity contribution in [1.82, 2.24) is 4.98 Å². The minimum absolute atomic E-state index is 0.0997. The van der Waals surface area contributed by atoms with Crippen molar-refractivity contribution in [2.75, 3.05) is 11.9 Å². The Balaban J connectivity index is 2.26. The number of non-ortho nitro benzene ring substituents is 1. The predicted octanol–water partition coefficient (Wildman–Crippen LogP) is 3.96. The van der Waals surface area contributed by atoms with Crippen LogP contribution in [0.5, 0.6) is 0 Å². The summed E-state index contributed by atoms with van der Waals surface area (Å²) in [6, 6.07) is 8.83. The van der Waals surface area contributed by atoms with Crippen LogP contribution < -0.4 is 5.32 Å². The molecule has 0 bridgehead atoms. The first kappa shape index (κ1) is 14.3. The summed E-state index contributed by atoms with van der Waals surface area (Å²) in [6.45, 7) is 2.84. The van der Waals surface area contributed by atoms with E-state index < -0.39 is 0 Å². The number of hydrogen-bond donors (Lipinski definition) is 1. The van der Waals surface area contributed by atoms with Crippen LogP contribution in [0.4, 0.5) is 11.4 Å². The fourth-order valence-electron chi connectivity index (χ4n) is 1.66. The Labute approximate surface area is 121 Å². The van der Waals surface area contributed by atoms with E-state index in [4.69, 9.17) is 0 Å². The molecule has 0 aliphatic rings. The fourth-order valence-corrected chi connectivity index (χ4v) is 2.56. The van der Waals surface area contributed by atoms with Gasteiger partial charge in [-0.05, 0) is 24.6 Å². The van der Waals surface area contributed by atoms with Crippen molar-refractivity contribution in [1.29, 1.82) is 0 Å². The third-order valence-electron chi connectivity index (χ3n) is 2.57. The van der Waals surface area contributed by atoms with E-state index in [9.17, 15) is 10.1 Å². The molecule has 0 aliphatic carbocycles. The zero-order valence-corrected chi connectivity index (χ0v) is 11.9. The van der Waals surface area contributed by atoms with Crippen LogP contribution in [0.1, 0.15) is 13.3 Å². The monoisotopic (exact) mass is 289 g/mol. The van der Waals surface area contributed by atoms with Gasteiger partial charge < -0.3 is 5.32 Å². The molecule has 1 heterocycles. The number of nitrogens with one attached hydrogen (secondary N) is 1. The largest absolute Gasteiger partial charge is 0.385 e. The van der Waals surface area contributed by atoms with Gasteiger partial charge in [0.2, 0.25) is 0 Å². The summed E-state index contributed by atoms with van der Waals surface area (Å²) in [5.41, 5.74) is 0.875. The van der Waals surface area contributed by atoms with Crippen molar-refractivity contribution >= 4 is 23.1 Å². The van der Waals surface area contributed by atoms with Gasteiger partial charge in [0.05, 0.1) is 4.92 Å². The average Bonchev–Trinajstić information content (AvgIpc) is 2.46. The molecule has 0 radical (unpaired) electrons. The standard InChI is InChI=1S/C14H15N3O2S/c1-2-5-16-11-8-12(17(18)19)10-14(9-11)20-13-3-6-15-7-4-13/h3-4,6-10,16H,2,5H2,1H3. The van der Waals surface area contributed by atoms with E-state index in [1.54, 1.807) is 24.5 Å². The van der Waals surface area contributed by atoms with Crippen molar-refractivity contribution in [2.45, 2.75) is 23.1 Å². The lowest BCUT2D eigenvalue weighted by Crippen LogP contribution is -2.00. The maximum absolute atomic E-state index is 11.0. The number of nitrogens with zero attached hydrogens (tertiary/aromatic N) is 2. The summed E-state index contributed by atoms with van der Waals surface area (Å²) in [5, 5.41) is 14.2. The van der Waals surface area contributed by atoms with Gasteiger partial charge in [0.25, 0.3) is 5.69 Å². The Bertz CT molecular complexity index is 590. The smallest absolute Gasteiger partial charge is 0.272 e. The molecule has 1 N–H and O–H groups in total. The van der Waals surface area contributed by atoms with E-state index in [1.165, 1.54) is 11.8 Å². The molecule has 0 aliphatic heterocycles. The minimum atomic E-state index is -0.367. The van der Waals surface area contributed by atoms with Gasteiger partial charge in [-0.15, -0.1) is 0 Å². The van der Waals surface area contributed by atoms with Crippen LogP contribution in [0.3, 0.4) is 0 Å². The Kier molecular flexibility index (Phi) is 4.95. The number of rotatable bonds is 6. The van der Waals surface area contributed by atoms with Crippen LogP contribution in [0.15, 0.2) is 52.5 Å². The maximum Gasteiger partial charge on any atom is 0.272 e. The highest BCUT2D eigenvalue weighted by atomic mass is 32.2. The van der Waals surface area contributed by atoms with Crippen LogP contribution in [-0.2, 0) is 0 Å². The molecule has 20 heavy (non-hydrogen) atoms. The molecule has 1 aromatic carbocycles. The molecule has 2 aromatic rings. The molecule has 0 fully saturated rings. The minimum Gasteiger partial charge on any atom is -0.385 e. The van der Waals surface area contributed by atoms with Crippen molar-refractivity contribution in [2.24, 2.45) is 0 Å². The first-order valence-corrected chi connectivity index (χ1v) is 7.12. The van der Waals surface area contributed by atoms with Gasteiger partial charge in [0.15, 0.2) is 0 Å². The van der Waals surface area contributed by atoms with Crippen molar-refractivity contribution in [3.63, 3.8) is 0 Å². The molecular formula is C14H15N3O2S. The highest BCUT2D eigenvalue weighted by Crippen LogP contribution is 2.32. The van der Waals surface area contributed by atoms with E-state index in [0.29, 0.717) is 0 Å². The lowest BCUT2D eigenvalue weighted by Gasteiger charge is -2.07. The number of aromatic nitrogens is 1. The summed E-state index contributed by atoms with van der Waals surface area (Å²) >= 11 is 1.48. The van der Waals surface area contributed by atoms with Crippen LogP contribution in [-0.4, -0.2) is 16.5 Å². The molecule has 0 amide bonds. The zero-order valence-electron chi connectivity index (χ0n) is 11.1. The second-order valence-electron chi connectivity index (χ2n) is 4.18. The highest BCUT2D eigenvalue weighted by Gasteiger charge is 2.10. The van der Waals surface area contributed by atoms with Gasteiger partial charge in [-0.3, -0.25) is 15.1 Å². The Morgan fingerprint density at radius 2 is 2.00 bits per heavy atom. The SMILES string of the molecule is CCCNc1cc(Sc2ccncc2)cc([N+](=O)[O-])c1. The molecule has 0 atom stereocenters. The molecule has 1 aromatic heterocycles. The Morgan fingerprint density at radius 1 is 1.25 bits per heavy atom. The summed E-state index contributed by atoms with van der Waals surface area (Å²) in [4.78, 5) is 16.4. The Hall–Kier alpha value is -2.08. The molecule has 0 saturated heterocycles. The third kappa shape index (κ3) is 3.96. The lowest BCUT2D eigenvalue weighted by molar-refractivity contribution is -0.385. The lowest BCUT2D eigenvalue weighted by atomic mass is 10.2. The number of nitro benzene ring substituents is 1. The van der Waals surface area contributed by atoms with Gasteiger partial charge in [0, 0.05) is 46.5 Å². The normalized spacial score (nSPS) is 10.2. The van der Waals surface area contributed by atoms with E-state index in [-0.39, 0.29) is 10.6 Å². The number of anilines is 1. The molecule has 104 valence electrons. The van der Waals surface area contributed by atoms with Crippen LogP contribution in [0, 0.1) is 10.1 Å². The molecule has 0 unspecified atom stereocenters. The second kappa shape index (κ2) is 6.91. The van der Waals surface area contributed by atoms with Crippen LogP contribution in [0.25, 0.3) is 0 Å².